The number of thiophene rings is 1. The largest absolute Gasteiger partial charge is 0.283 e. The Morgan fingerprint density at radius 1 is 1.24 bits per heavy atom. The van der Waals surface area contributed by atoms with Crippen molar-refractivity contribution in [1.29, 1.82) is 0 Å². The minimum atomic E-state index is -0.125. The lowest BCUT2D eigenvalue weighted by atomic mass is 10.2. The summed E-state index contributed by atoms with van der Waals surface area (Å²) < 4.78 is 3.12. The number of hydrogen-bond donors (Lipinski definition) is 0. The lowest BCUT2D eigenvalue weighted by Gasteiger charge is -1.93. The fourth-order valence-corrected chi connectivity index (χ4v) is 4.00. The van der Waals surface area contributed by atoms with Crippen molar-refractivity contribution < 1.29 is 0 Å². The number of rotatable bonds is 0. The van der Waals surface area contributed by atoms with E-state index in [4.69, 9.17) is 0 Å². The first-order valence-electron chi connectivity index (χ1n) is 5.12. The van der Waals surface area contributed by atoms with Crippen molar-refractivity contribution >= 4 is 47.9 Å². The zero-order valence-electron chi connectivity index (χ0n) is 8.58. The monoisotopic (exact) mass is 258 g/mol. The van der Waals surface area contributed by atoms with E-state index in [0.717, 1.165) is 25.3 Å². The van der Waals surface area contributed by atoms with Gasteiger partial charge in [0.15, 0.2) is 4.96 Å². The van der Waals surface area contributed by atoms with Crippen LogP contribution in [0.5, 0.6) is 0 Å². The van der Waals surface area contributed by atoms with E-state index in [9.17, 15) is 4.79 Å². The van der Waals surface area contributed by atoms with Crippen LogP contribution in [-0.2, 0) is 0 Å². The van der Waals surface area contributed by atoms with Crippen LogP contribution in [0.3, 0.4) is 0 Å². The average molecular weight is 258 g/mol. The molecule has 0 radical (unpaired) electrons. The molecule has 3 heterocycles. The number of benzene rings is 1. The predicted molar refractivity (Wildman–Crippen MR) is 72.2 cm³/mol. The Kier molecular flexibility index (Phi) is 1.73. The second-order valence-corrected chi connectivity index (χ2v) is 5.65. The zero-order chi connectivity index (χ0) is 11.4. The Labute approximate surface area is 104 Å². The van der Waals surface area contributed by atoms with Crippen molar-refractivity contribution in [3.8, 4) is 0 Å². The van der Waals surface area contributed by atoms with Crippen molar-refractivity contribution in [3.63, 3.8) is 0 Å². The van der Waals surface area contributed by atoms with E-state index in [1.165, 1.54) is 11.3 Å². The fraction of sp³-hybridized carbons (Fsp3) is 0. The van der Waals surface area contributed by atoms with Gasteiger partial charge in [0.25, 0.3) is 5.56 Å². The minimum Gasteiger partial charge on any atom is -0.283 e. The van der Waals surface area contributed by atoms with Crippen molar-refractivity contribution in [3.05, 3.63) is 46.2 Å². The summed E-state index contributed by atoms with van der Waals surface area (Å²) in [6.07, 6.45) is 1.96. The van der Waals surface area contributed by atoms with Crippen LogP contribution in [0, 0.1) is 0 Å². The van der Waals surface area contributed by atoms with Crippen molar-refractivity contribution in [2.75, 3.05) is 0 Å². The third-order valence-electron chi connectivity index (χ3n) is 2.80. The van der Waals surface area contributed by atoms with Gasteiger partial charge >= 0.3 is 0 Å². The highest BCUT2D eigenvalue weighted by Gasteiger charge is 2.12. The molecule has 3 aromatic heterocycles. The molecule has 0 bridgehead atoms. The van der Waals surface area contributed by atoms with Crippen LogP contribution in [0.25, 0.3) is 25.3 Å². The summed E-state index contributed by atoms with van der Waals surface area (Å²) in [5.74, 6) is 0. The molecule has 4 rings (SSSR count). The van der Waals surface area contributed by atoms with Crippen LogP contribution in [0.1, 0.15) is 0 Å². The molecule has 0 spiro atoms. The molecule has 3 nitrogen and oxygen atoms in total. The van der Waals surface area contributed by atoms with Gasteiger partial charge in [-0.1, -0.05) is 18.2 Å². The van der Waals surface area contributed by atoms with Gasteiger partial charge in [-0.05, 0) is 6.07 Å². The molecule has 0 unspecified atom stereocenters. The Bertz CT molecular complexity index is 916. The summed E-state index contributed by atoms with van der Waals surface area (Å²) in [6.45, 7) is 0. The smallest absolute Gasteiger partial charge is 0.283 e. The van der Waals surface area contributed by atoms with E-state index in [-0.39, 0.29) is 5.56 Å². The quantitative estimate of drug-likeness (QED) is 0.485. The lowest BCUT2D eigenvalue weighted by molar-refractivity contribution is 1.19. The maximum Gasteiger partial charge on any atom is 0.283 e. The van der Waals surface area contributed by atoms with Gasteiger partial charge in [0.1, 0.15) is 4.83 Å². The number of thiazole rings is 1. The molecule has 17 heavy (non-hydrogen) atoms. The van der Waals surface area contributed by atoms with E-state index in [1.54, 1.807) is 11.3 Å². The fourth-order valence-electron chi connectivity index (χ4n) is 2.06. The van der Waals surface area contributed by atoms with Crippen LogP contribution in [0.2, 0.25) is 0 Å². The zero-order valence-corrected chi connectivity index (χ0v) is 10.2. The van der Waals surface area contributed by atoms with Gasteiger partial charge in [-0.2, -0.15) is 4.98 Å². The molecule has 0 saturated carbocycles. The molecule has 1 aromatic carbocycles. The number of nitrogens with zero attached hydrogens (tertiary/aromatic N) is 2. The Morgan fingerprint density at radius 2 is 2.12 bits per heavy atom. The summed E-state index contributed by atoms with van der Waals surface area (Å²) in [5.41, 5.74) is -0.125. The molecule has 0 saturated heterocycles. The third kappa shape index (κ3) is 1.15. The first-order valence-corrected chi connectivity index (χ1v) is 6.81. The number of hydrogen-bond acceptors (Lipinski definition) is 4. The molecule has 5 heteroatoms. The van der Waals surface area contributed by atoms with E-state index < -0.39 is 0 Å². The molecular formula is C12H6N2OS2. The maximum absolute atomic E-state index is 12.1. The topological polar surface area (TPSA) is 34.4 Å². The highest BCUT2D eigenvalue weighted by atomic mass is 32.1. The van der Waals surface area contributed by atoms with Crippen molar-refractivity contribution in [2.45, 2.75) is 0 Å². The average Bonchev–Trinajstić information content (AvgIpc) is 2.91. The SMILES string of the molecule is O=c1nc2sccn2c2sc3ccccc3c12. The van der Waals surface area contributed by atoms with Gasteiger partial charge < -0.3 is 0 Å². The molecule has 0 aliphatic heterocycles. The first kappa shape index (κ1) is 9.32. The Balaban J connectivity index is 2.46. The summed E-state index contributed by atoms with van der Waals surface area (Å²) in [5, 5.41) is 3.69. The third-order valence-corrected chi connectivity index (χ3v) is 4.72. The number of fused-ring (bicyclic) bond motifs is 5. The van der Waals surface area contributed by atoms with Gasteiger partial charge in [0.2, 0.25) is 0 Å². The molecule has 0 aliphatic rings. The molecular weight excluding hydrogens is 252 g/mol. The normalized spacial score (nSPS) is 11.8. The lowest BCUT2D eigenvalue weighted by Crippen LogP contribution is -2.06. The summed E-state index contributed by atoms with van der Waals surface area (Å²) in [6, 6.07) is 7.97. The summed E-state index contributed by atoms with van der Waals surface area (Å²) in [7, 11) is 0. The van der Waals surface area contributed by atoms with Crippen LogP contribution in [-0.4, -0.2) is 9.38 Å². The van der Waals surface area contributed by atoms with E-state index in [1.807, 2.05) is 40.2 Å². The summed E-state index contributed by atoms with van der Waals surface area (Å²) in [4.78, 5) is 17.9. The highest BCUT2D eigenvalue weighted by Crippen LogP contribution is 2.31. The molecule has 0 amide bonds. The van der Waals surface area contributed by atoms with Gasteiger partial charge in [-0.3, -0.25) is 9.20 Å². The standard InChI is InChI=1S/C12H6N2OS2/c15-10-9-7-3-1-2-4-8(7)17-11(9)14-5-6-16-12(14)13-10/h1-6H. The van der Waals surface area contributed by atoms with Gasteiger partial charge in [-0.15, -0.1) is 22.7 Å². The van der Waals surface area contributed by atoms with Crippen LogP contribution >= 0.6 is 22.7 Å². The van der Waals surface area contributed by atoms with Crippen molar-refractivity contribution in [1.82, 2.24) is 9.38 Å². The van der Waals surface area contributed by atoms with Crippen LogP contribution < -0.4 is 5.56 Å². The molecule has 4 aromatic rings. The van der Waals surface area contributed by atoms with Gasteiger partial charge in [0.05, 0.1) is 5.39 Å². The summed E-state index contributed by atoms with van der Waals surface area (Å²) >= 11 is 3.12. The predicted octanol–water partition coefficient (Wildman–Crippen LogP) is 3.12. The van der Waals surface area contributed by atoms with Gasteiger partial charge in [0, 0.05) is 21.7 Å². The maximum atomic E-state index is 12.1. The molecule has 0 aliphatic carbocycles. The van der Waals surface area contributed by atoms with Crippen molar-refractivity contribution in [2.24, 2.45) is 0 Å². The first-order chi connectivity index (χ1) is 8.34. The van der Waals surface area contributed by atoms with Crippen LogP contribution in [0.15, 0.2) is 40.6 Å². The number of aromatic nitrogens is 2. The Morgan fingerprint density at radius 3 is 3.06 bits per heavy atom. The van der Waals surface area contributed by atoms with E-state index in [2.05, 4.69) is 4.98 Å². The second-order valence-electron chi connectivity index (χ2n) is 3.75. The van der Waals surface area contributed by atoms with E-state index >= 15 is 0 Å². The second kappa shape index (κ2) is 3.15. The molecule has 0 atom stereocenters. The van der Waals surface area contributed by atoms with E-state index in [0.29, 0.717) is 0 Å². The molecule has 0 N–H and O–H groups in total. The Hall–Kier alpha value is -1.72. The molecule has 0 fully saturated rings. The molecule has 82 valence electrons. The van der Waals surface area contributed by atoms with Gasteiger partial charge in [-0.25, -0.2) is 0 Å². The minimum absolute atomic E-state index is 0.125. The van der Waals surface area contributed by atoms with Crippen LogP contribution in [0.4, 0.5) is 0 Å². The highest BCUT2D eigenvalue weighted by molar-refractivity contribution is 7.25.